The summed E-state index contributed by atoms with van der Waals surface area (Å²) in [4.78, 5) is 0. The fraction of sp³-hybridized carbons (Fsp3) is 1.00. The van der Waals surface area contributed by atoms with Gasteiger partial charge in [0.1, 0.15) is 0 Å². The SMILES string of the molecule is CC(C)[C@@H]1C[C@H](O)[C@H](C(C)C)O1. The van der Waals surface area contributed by atoms with Crippen molar-refractivity contribution in [2.45, 2.75) is 52.4 Å². The van der Waals surface area contributed by atoms with Gasteiger partial charge in [0.05, 0.1) is 18.3 Å². The molecule has 0 aromatic heterocycles. The van der Waals surface area contributed by atoms with Gasteiger partial charge in [-0.25, -0.2) is 0 Å². The number of hydrogen-bond donors (Lipinski definition) is 1. The van der Waals surface area contributed by atoms with Crippen LogP contribution in [0.3, 0.4) is 0 Å². The van der Waals surface area contributed by atoms with Crippen LogP contribution in [-0.4, -0.2) is 23.4 Å². The maximum atomic E-state index is 9.65. The minimum Gasteiger partial charge on any atom is -0.390 e. The van der Waals surface area contributed by atoms with Gasteiger partial charge in [-0.1, -0.05) is 27.7 Å². The van der Waals surface area contributed by atoms with Crippen LogP contribution in [0.5, 0.6) is 0 Å². The van der Waals surface area contributed by atoms with E-state index in [1.54, 1.807) is 0 Å². The van der Waals surface area contributed by atoms with Crippen LogP contribution >= 0.6 is 0 Å². The summed E-state index contributed by atoms with van der Waals surface area (Å²) in [7, 11) is 0. The molecule has 0 bridgehead atoms. The van der Waals surface area contributed by atoms with E-state index in [9.17, 15) is 5.11 Å². The summed E-state index contributed by atoms with van der Waals surface area (Å²) in [5, 5.41) is 9.65. The summed E-state index contributed by atoms with van der Waals surface area (Å²) in [5.41, 5.74) is 0. The molecule has 3 atom stereocenters. The van der Waals surface area contributed by atoms with Gasteiger partial charge in [0, 0.05) is 6.42 Å². The highest BCUT2D eigenvalue weighted by atomic mass is 16.5. The van der Waals surface area contributed by atoms with Gasteiger partial charge in [0.25, 0.3) is 0 Å². The molecule has 1 heterocycles. The van der Waals surface area contributed by atoms with Crippen molar-refractivity contribution in [3.05, 3.63) is 0 Å². The molecule has 1 fully saturated rings. The monoisotopic (exact) mass is 172 g/mol. The fourth-order valence-corrected chi connectivity index (χ4v) is 1.75. The topological polar surface area (TPSA) is 29.5 Å². The van der Waals surface area contributed by atoms with Crippen molar-refractivity contribution in [1.29, 1.82) is 0 Å². The van der Waals surface area contributed by atoms with Crippen LogP contribution < -0.4 is 0 Å². The molecule has 1 saturated heterocycles. The van der Waals surface area contributed by atoms with E-state index in [2.05, 4.69) is 27.7 Å². The van der Waals surface area contributed by atoms with Crippen LogP contribution in [0.2, 0.25) is 0 Å². The first-order valence-corrected chi connectivity index (χ1v) is 4.86. The Labute approximate surface area is 74.9 Å². The van der Waals surface area contributed by atoms with Gasteiger partial charge in [0.2, 0.25) is 0 Å². The van der Waals surface area contributed by atoms with Crippen LogP contribution in [0.4, 0.5) is 0 Å². The summed E-state index contributed by atoms with van der Waals surface area (Å²) in [6, 6.07) is 0. The van der Waals surface area contributed by atoms with Gasteiger partial charge >= 0.3 is 0 Å². The summed E-state index contributed by atoms with van der Waals surface area (Å²) >= 11 is 0. The third-order valence-electron chi connectivity index (χ3n) is 2.59. The van der Waals surface area contributed by atoms with Crippen LogP contribution in [0, 0.1) is 11.8 Å². The second kappa shape index (κ2) is 3.75. The van der Waals surface area contributed by atoms with E-state index in [-0.39, 0.29) is 18.3 Å². The van der Waals surface area contributed by atoms with Crippen molar-refractivity contribution in [2.75, 3.05) is 0 Å². The summed E-state index contributed by atoms with van der Waals surface area (Å²) < 4.78 is 5.75. The van der Waals surface area contributed by atoms with Crippen molar-refractivity contribution in [3.8, 4) is 0 Å². The van der Waals surface area contributed by atoms with E-state index in [1.807, 2.05) is 0 Å². The highest BCUT2D eigenvalue weighted by Gasteiger charge is 2.36. The highest BCUT2D eigenvalue weighted by Crippen LogP contribution is 2.29. The quantitative estimate of drug-likeness (QED) is 0.688. The van der Waals surface area contributed by atoms with E-state index in [0.29, 0.717) is 11.8 Å². The Morgan fingerprint density at radius 2 is 1.75 bits per heavy atom. The molecule has 2 nitrogen and oxygen atoms in total. The zero-order chi connectivity index (χ0) is 9.30. The second-order valence-corrected chi connectivity index (χ2v) is 4.43. The van der Waals surface area contributed by atoms with E-state index in [4.69, 9.17) is 4.74 Å². The van der Waals surface area contributed by atoms with E-state index in [0.717, 1.165) is 6.42 Å². The second-order valence-electron chi connectivity index (χ2n) is 4.43. The lowest BCUT2D eigenvalue weighted by Crippen LogP contribution is -2.26. The molecule has 0 amide bonds. The molecule has 0 unspecified atom stereocenters. The molecule has 1 N–H and O–H groups in total. The zero-order valence-corrected chi connectivity index (χ0v) is 8.45. The largest absolute Gasteiger partial charge is 0.390 e. The Kier molecular flexibility index (Phi) is 3.13. The number of ether oxygens (including phenoxy) is 1. The zero-order valence-electron chi connectivity index (χ0n) is 8.45. The molecule has 0 aromatic rings. The van der Waals surface area contributed by atoms with Crippen molar-refractivity contribution in [1.82, 2.24) is 0 Å². The number of aliphatic hydroxyl groups is 1. The standard InChI is InChI=1S/C10H20O2/c1-6(2)9-5-8(11)10(12-9)7(3)4/h6-11H,5H2,1-4H3/t8-,9-,10-/m0/s1. The minimum absolute atomic E-state index is 0.0531. The Hall–Kier alpha value is -0.0800. The summed E-state index contributed by atoms with van der Waals surface area (Å²) in [5.74, 6) is 0.937. The maximum absolute atomic E-state index is 9.65. The fourth-order valence-electron chi connectivity index (χ4n) is 1.75. The van der Waals surface area contributed by atoms with Gasteiger partial charge in [-0.05, 0) is 11.8 Å². The van der Waals surface area contributed by atoms with Crippen LogP contribution in [0.15, 0.2) is 0 Å². The summed E-state index contributed by atoms with van der Waals surface area (Å²) in [6.07, 6.45) is 0.864. The molecule has 0 radical (unpaired) electrons. The van der Waals surface area contributed by atoms with Crippen LogP contribution in [0.25, 0.3) is 0 Å². The average molecular weight is 172 g/mol. The smallest absolute Gasteiger partial charge is 0.0861 e. The third kappa shape index (κ3) is 1.99. The molecule has 0 aromatic carbocycles. The molecule has 12 heavy (non-hydrogen) atoms. The van der Waals surface area contributed by atoms with Gasteiger partial charge in [-0.15, -0.1) is 0 Å². The minimum atomic E-state index is -0.252. The lowest BCUT2D eigenvalue weighted by molar-refractivity contribution is -0.0297. The molecule has 72 valence electrons. The van der Waals surface area contributed by atoms with Gasteiger partial charge in [-0.3, -0.25) is 0 Å². The van der Waals surface area contributed by atoms with Crippen LogP contribution in [0.1, 0.15) is 34.1 Å². The molecule has 0 saturated carbocycles. The van der Waals surface area contributed by atoms with Gasteiger partial charge in [0.15, 0.2) is 0 Å². The van der Waals surface area contributed by atoms with Crippen molar-refractivity contribution in [3.63, 3.8) is 0 Å². The van der Waals surface area contributed by atoms with E-state index >= 15 is 0 Å². The molecule has 0 aliphatic carbocycles. The predicted molar refractivity (Wildman–Crippen MR) is 49.0 cm³/mol. The summed E-state index contributed by atoms with van der Waals surface area (Å²) in [6.45, 7) is 8.47. The molecule has 1 rings (SSSR count). The van der Waals surface area contributed by atoms with Crippen LogP contribution in [-0.2, 0) is 4.74 Å². The molecule has 1 aliphatic heterocycles. The molecule has 2 heteroatoms. The highest BCUT2D eigenvalue weighted by molar-refractivity contribution is 4.85. The lowest BCUT2D eigenvalue weighted by Gasteiger charge is -2.19. The van der Waals surface area contributed by atoms with Crippen molar-refractivity contribution in [2.24, 2.45) is 11.8 Å². The van der Waals surface area contributed by atoms with Gasteiger partial charge < -0.3 is 9.84 Å². The average Bonchev–Trinajstić information content (AvgIpc) is 2.30. The van der Waals surface area contributed by atoms with Crippen molar-refractivity contribution >= 4 is 0 Å². The first kappa shape index (κ1) is 10.0. The maximum Gasteiger partial charge on any atom is 0.0861 e. The Bertz CT molecular complexity index is 143. The van der Waals surface area contributed by atoms with Gasteiger partial charge in [-0.2, -0.15) is 0 Å². The first-order chi connectivity index (χ1) is 5.52. The van der Waals surface area contributed by atoms with E-state index < -0.39 is 0 Å². The van der Waals surface area contributed by atoms with Crippen molar-refractivity contribution < 1.29 is 9.84 Å². The number of aliphatic hydroxyl groups excluding tert-OH is 1. The normalized spacial score (nSPS) is 36.8. The molecular weight excluding hydrogens is 152 g/mol. The lowest BCUT2D eigenvalue weighted by atomic mass is 9.99. The molecule has 0 spiro atoms. The number of hydrogen-bond acceptors (Lipinski definition) is 2. The predicted octanol–water partition coefficient (Wildman–Crippen LogP) is 1.82. The molecular formula is C10H20O2. The first-order valence-electron chi connectivity index (χ1n) is 4.86. The Morgan fingerprint density at radius 3 is 2.00 bits per heavy atom. The molecule has 1 aliphatic rings. The number of rotatable bonds is 2. The van der Waals surface area contributed by atoms with E-state index in [1.165, 1.54) is 0 Å². The third-order valence-corrected chi connectivity index (χ3v) is 2.59. The Morgan fingerprint density at radius 1 is 1.17 bits per heavy atom. The Balaban J connectivity index is 2.50.